The molecular formula is C14H18BrN3. The van der Waals surface area contributed by atoms with E-state index in [1.165, 1.54) is 25.9 Å². The summed E-state index contributed by atoms with van der Waals surface area (Å²) in [4.78, 5) is 2.37. The van der Waals surface area contributed by atoms with Crippen molar-refractivity contribution >= 4 is 21.6 Å². The summed E-state index contributed by atoms with van der Waals surface area (Å²) in [6, 6.07) is 7.96. The standard InChI is InChI=1S/C14H18BrN3/c1-18-6-4-11(5-7-18)10-17-14-8-13(15)3-2-12(14)9-16/h2-3,8,11,17H,4-7,10H2,1H3. The zero-order chi connectivity index (χ0) is 13.0. The Balaban J connectivity index is 1.94. The zero-order valence-electron chi connectivity index (χ0n) is 10.6. The molecular weight excluding hydrogens is 290 g/mol. The Morgan fingerprint density at radius 1 is 1.44 bits per heavy atom. The van der Waals surface area contributed by atoms with E-state index in [1.807, 2.05) is 18.2 Å². The summed E-state index contributed by atoms with van der Waals surface area (Å²) in [7, 11) is 2.17. The smallest absolute Gasteiger partial charge is 0.101 e. The predicted molar refractivity (Wildman–Crippen MR) is 77.6 cm³/mol. The van der Waals surface area contributed by atoms with Crippen LogP contribution in [-0.4, -0.2) is 31.6 Å². The highest BCUT2D eigenvalue weighted by Crippen LogP contribution is 2.22. The van der Waals surface area contributed by atoms with E-state index in [4.69, 9.17) is 5.26 Å². The van der Waals surface area contributed by atoms with Gasteiger partial charge in [0.1, 0.15) is 6.07 Å². The second kappa shape index (κ2) is 6.21. The SMILES string of the molecule is CN1CCC(CNc2cc(Br)ccc2C#N)CC1. The maximum Gasteiger partial charge on any atom is 0.101 e. The lowest BCUT2D eigenvalue weighted by Gasteiger charge is -2.29. The molecule has 1 saturated heterocycles. The van der Waals surface area contributed by atoms with Crippen LogP contribution in [0.4, 0.5) is 5.69 Å². The molecule has 0 saturated carbocycles. The molecule has 0 bridgehead atoms. The van der Waals surface area contributed by atoms with E-state index in [9.17, 15) is 0 Å². The van der Waals surface area contributed by atoms with Gasteiger partial charge in [-0.1, -0.05) is 15.9 Å². The fourth-order valence-electron chi connectivity index (χ4n) is 2.28. The molecule has 3 nitrogen and oxygen atoms in total. The fourth-order valence-corrected chi connectivity index (χ4v) is 2.64. The Labute approximate surface area is 117 Å². The van der Waals surface area contributed by atoms with Crippen molar-refractivity contribution in [3.05, 3.63) is 28.2 Å². The topological polar surface area (TPSA) is 39.1 Å². The maximum atomic E-state index is 9.07. The van der Waals surface area contributed by atoms with Crippen LogP contribution in [0, 0.1) is 17.2 Å². The monoisotopic (exact) mass is 307 g/mol. The molecule has 1 aliphatic rings. The first kappa shape index (κ1) is 13.4. The molecule has 0 aliphatic carbocycles. The average molecular weight is 308 g/mol. The molecule has 1 N–H and O–H groups in total. The minimum Gasteiger partial charge on any atom is -0.384 e. The number of anilines is 1. The summed E-state index contributed by atoms with van der Waals surface area (Å²) in [5, 5.41) is 12.5. The van der Waals surface area contributed by atoms with Crippen molar-refractivity contribution in [1.29, 1.82) is 5.26 Å². The molecule has 0 aromatic heterocycles. The van der Waals surface area contributed by atoms with E-state index < -0.39 is 0 Å². The molecule has 1 aromatic rings. The molecule has 1 aliphatic heterocycles. The molecule has 0 amide bonds. The molecule has 4 heteroatoms. The second-order valence-corrected chi connectivity index (χ2v) is 5.84. The molecule has 1 heterocycles. The second-order valence-electron chi connectivity index (χ2n) is 4.93. The first-order chi connectivity index (χ1) is 8.69. The van der Waals surface area contributed by atoms with Gasteiger partial charge in [0.2, 0.25) is 0 Å². The van der Waals surface area contributed by atoms with E-state index in [-0.39, 0.29) is 0 Å². The Hall–Kier alpha value is -1.05. The summed E-state index contributed by atoms with van der Waals surface area (Å²) in [5.41, 5.74) is 1.65. The minimum absolute atomic E-state index is 0.714. The van der Waals surface area contributed by atoms with Crippen LogP contribution in [0.5, 0.6) is 0 Å². The quantitative estimate of drug-likeness (QED) is 0.933. The predicted octanol–water partition coefficient (Wildman–Crippen LogP) is 3.07. The fraction of sp³-hybridized carbons (Fsp3) is 0.500. The molecule has 0 spiro atoms. The van der Waals surface area contributed by atoms with Crippen molar-refractivity contribution < 1.29 is 0 Å². The number of rotatable bonds is 3. The van der Waals surface area contributed by atoms with Gasteiger partial charge in [0, 0.05) is 11.0 Å². The normalized spacial score (nSPS) is 17.4. The Bertz CT molecular complexity index is 445. The minimum atomic E-state index is 0.714. The third-order valence-corrected chi connectivity index (χ3v) is 4.01. The molecule has 1 fully saturated rings. The van der Waals surface area contributed by atoms with Gasteiger partial charge in [0.25, 0.3) is 0 Å². The number of piperidine rings is 1. The number of halogens is 1. The van der Waals surface area contributed by atoms with Gasteiger partial charge in [-0.2, -0.15) is 5.26 Å². The van der Waals surface area contributed by atoms with Crippen LogP contribution in [0.2, 0.25) is 0 Å². The number of likely N-dealkylation sites (tertiary alicyclic amines) is 1. The lowest BCUT2D eigenvalue weighted by atomic mass is 9.97. The Morgan fingerprint density at radius 2 is 2.17 bits per heavy atom. The number of nitriles is 1. The summed E-state index contributed by atoms with van der Waals surface area (Å²) in [6.07, 6.45) is 2.47. The number of hydrogen-bond acceptors (Lipinski definition) is 3. The Kier molecular flexibility index (Phi) is 4.62. The van der Waals surface area contributed by atoms with Crippen LogP contribution in [0.15, 0.2) is 22.7 Å². The highest BCUT2D eigenvalue weighted by Gasteiger charge is 2.16. The molecule has 2 rings (SSSR count). The van der Waals surface area contributed by atoms with Crippen LogP contribution in [0.25, 0.3) is 0 Å². The molecule has 0 radical (unpaired) electrons. The summed E-state index contributed by atoms with van der Waals surface area (Å²) >= 11 is 3.44. The van der Waals surface area contributed by atoms with Crippen molar-refractivity contribution in [3.8, 4) is 6.07 Å². The van der Waals surface area contributed by atoms with Crippen molar-refractivity contribution in [2.45, 2.75) is 12.8 Å². The van der Waals surface area contributed by atoms with Crippen LogP contribution in [0.3, 0.4) is 0 Å². The number of nitrogens with zero attached hydrogens (tertiary/aromatic N) is 2. The highest BCUT2D eigenvalue weighted by atomic mass is 79.9. The molecule has 1 aromatic carbocycles. The third-order valence-electron chi connectivity index (χ3n) is 3.52. The van der Waals surface area contributed by atoms with Gasteiger partial charge in [0.15, 0.2) is 0 Å². The van der Waals surface area contributed by atoms with Crippen molar-refractivity contribution in [1.82, 2.24) is 4.90 Å². The lowest BCUT2D eigenvalue weighted by Crippen LogP contribution is -2.33. The van der Waals surface area contributed by atoms with Gasteiger partial charge in [-0.15, -0.1) is 0 Å². The largest absolute Gasteiger partial charge is 0.384 e. The number of benzene rings is 1. The highest BCUT2D eigenvalue weighted by molar-refractivity contribution is 9.10. The van der Waals surface area contributed by atoms with Gasteiger partial charge < -0.3 is 10.2 Å². The van der Waals surface area contributed by atoms with E-state index in [0.717, 1.165) is 16.7 Å². The van der Waals surface area contributed by atoms with Crippen molar-refractivity contribution in [2.75, 3.05) is 32.0 Å². The summed E-state index contributed by atoms with van der Waals surface area (Å²) in [6.45, 7) is 3.31. The summed E-state index contributed by atoms with van der Waals surface area (Å²) in [5.74, 6) is 0.715. The third kappa shape index (κ3) is 3.47. The van der Waals surface area contributed by atoms with Gasteiger partial charge in [-0.05, 0) is 57.1 Å². The lowest BCUT2D eigenvalue weighted by molar-refractivity contribution is 0.226. The van der Waals surface area contributed by atoms with E-state index in [2.05, 4.69) is 39.3 Å². The van der Waals surface area contributed by atoms with E-state index in [1.54, 1.807) is 0 Å². The number of nitrogens with one attached hydrogen (secondary N) is 1. The molecule has 96 valence electrons. The van der Waals surface area contributed by atoms with E-state index in [0.29, 0.717) is 11.5 Å². The van der Waals surface area contributed by atoms with Crippen molar-refractivity contribution in [3.63, 3.8) is 0 Å². The van der Waals surface area contributed by atoms with Crippen LogP contribution in [0.1, 0.15) is 18.4 Å². The van der Waals surface area contributed by atoms with Gasteiger partial charge in [-0.3, -0.25) is 0 Å². The van der Waals surface area contributed by atoms with Crippen LogP contribution in [-0.2, 0) is 0 Å². The first-order valence-electron chi connectivity index (χ1n) is 6.31. The average Bonchev–Trinajstić information content (AvgIpc) is 2.38. The summed E-state index contributed by atoms with van der Waals surface area (Å²) < 4.78 is 1.01. The Morgan fingerprint density at radius 3 is 2.83 bits per heavy atom. The van der Waals surface area contributed by atoms with E-state index >= 15 is 0 Å². The van der Waals surface area contributed by atoms with Crippen LogP contribution < -0.4 is 5.32 Å². The molecule has 0 unspecified atom stereocenters. The first-order valence-corrected chi connectivity index (χ1v) is 7.10. The van der Waals surface area contributed by atoms with Gasteiger partial charge in [-0.25, -0.2) is 0 Å². The maximum absolute atomic E-state index is 9.07. The number of hydrogen-bond donors (Lipinski definition) is 1. The van der Waals surface area contributed by atoms with Gasteiger partial charge >= 0.3 is 0 Å². The van der Waals surface area contributed by atoms with Gasteiger partial charge in [0.05, 0.1) is 11.3 Å². The molecule has 0 atom stereocenters. The zero-order valence-corrected chi connectivity index (χ0v) is 12.2. The van der Waals surface area contributed by atoms with Crippen LogP contribution >= 0.6 is 15.9 Å². The molecule has 18 heavy (non-hydrogen) atoms. The van der Waals surface area contributed by atoms with Crippen molar-refractivity contribution in [2.24, 2.45) is 5.92 Å².